The van der Waals surface area contributed by atoms with Crippen molar-refractivity contribution >= 4 is 17.9 Å². The molecule has 1 fully saturated rings. The molecule has 0 heterocycles. The number of nitrogens with one attached hydrogen (secondary N) is 2. The van der Waals surface area contributed by atoms with Crippen molar-refractivity contribution in [2.24, 2.45) is 5.92 Å². The molecule has 0 aromatic carbocycles. The van der Waals surface area contributed by atoms with Crippen molar-refractivity contribution in [3.05, 3.63) is 12.2 Å². The Morgan fingerprint density at radius 3 is 2.38 bits per heavy atom. The first-order valence-electron chi connectivity index (χ1n) is 5.00. The molecular formula is C10H14N2O4. The third-order valence-electron chi connectivity index (χ3n) is 2.32. The van der Waals surface area contributed by atoms with E-state index < -0.39 is 17.9 Å². The van der Waals surface area contributed by atoms with E-state index in [1.165, 1.54) is 0 Å². The Morgan fingerprint density at radius 1 is 1.25 bits per heavy atom. The number of carbonyl (C=O) groups is 3. The largest absolute Gasteiger partial charge is 0.478 e. The third-order valence-corrected chi connectivity index (χ3v) is 2.32. The Kier molecular flexibility index (Phi) is 4.04. The number of amides is 3. The van der Waals surface area contributed by atoms with Crippen molar-refractivity contribution in [1.82, 2.24) is 10.6 Å². The van der Waals surface area contributed by atoms with Crippen molar-refractivity contribution < 1.29 is 19.5 Å². The smallest absolute Gasteiger partial charge is 0.328 e. The molecule has 1 rings (SSSR count). The molecule has 1 aliphatic carbocycles. The first-order chi connectivity index (χ1) is 7.47. The highest BCUT2D eigenvalue weighted by Gasteiger charge is 2.26. The molecular weight excluding hydrogens is 212 g/mol. The number of carboxylic acids is 1. The van der Waals surface area contributed by atoms with Gasteiger partial charge >= 0.3 is 12.0 Å². The van der Waals surface area contributed by atoms with Crippen molar-refractivity contribution in [3.63, 3.8) is 0 Å². The summed E-state index contributed by atoms with van der Waals surface area (Å²) in [5.41, 5.74) is 0. The van der Waals surface area contributed by atoms with Gasteiger partial charge in [0.15, 0.2) is 0 Å². The van der Waals surface area contributed by atoms with Crippen LogP contribution in [0.5, 0.6) is 0 Å². The van der Waals surface area contributed by atoms with Crippen LogP contribution in [0.4, 0.5) is 4.79 Å². The summed E-state index contributed by atoms with van der Waals surface area (Å²) in [7, 11) is 0. The van der Waals surface area contributed by atoms with Crippen LogP contribution < -0.4 is 10.6 Å². The number of aliphatic carboxylic acids is 1. The van der Waals surface area contributed by atoms with E-state index in [1.807, 2.05) is 5.32 Å². The molecule has 1 saturated carbocycles. The normalized spacial score (nSPS) is 23.6. The predicted octanol–water partition coefficient (Wildman–Crippen LogP) is 0.251. The first kappa shape index (κ1) is 12.2. The molecule has 0 radical (unpaired) electrons. The maximum atomic E-state index is 11.2. The van der Waals surface area contributed by atoms with Crippen LogP contribution in [0.25, 0.3) is 0 Å². The maximum absolute atomic E-state index is 11.2. The van der Waals surface area contributed by atoms with Gasteiger partial charge in [-0.25, -0.2) is 9.59 Å². The number of hydrogen-bond acceptors (Lipinski definition) is 3. The quantitative estimate of drug-likeness (QED) is 0.601. The molecule has 88 valence electrons. The second kappa shape index (κ2) is 5.29. The average Bonchev–Trinajstić information content (AvgIpc) is 2.12. The number of carboxylic acid groups (broad SMARTS) is 1. The molecule has 0 aliphatic heterocycles. The Balaban J connectivity index is 2.23. The fourth-order valence-electron chi connectivity index (χ4n) is 1.54. The molecule has 0 bridgehead atoms. The summed E-state index contributed by atoms with van der Waals surface area (Å²) in [6.07, 6.45) is 3.29. The van der Waals surface area contributed by atoms with Gasteiger partial charge in [-0.3, -0.25) is 10.1 Å². The highest BCUT2D eigenvalue weighted by Crippen LogP contribution is 2.25. The minimum atomic E-state index is -1.23. The summed E-state index contributed by atoms with van der Waals surface area (Å²) in [4.78, 5) is 32.3. The van der Waals surface area contributed by atoms with Crippen LogP contribution in [-0.4, -0.2) is 29.1 Å². The highest BCUT2D eigenvalue weighted by molar-refractivity contribution is 6.02. The summed E-state index contributed by atoms with van der Waals surface area (Å²) in [5.74, 6) is -1.37. The van der Waals surface area contributed by atoms with Gasteiger partial charge in [-0.1, -0.05) is 6.92 Å². The fourth-order valence-corrected chi connectivity index (χ4v) is 1.54. The molecule has 3 N–H and O–H groups in total. The Hall–Kier alpha value is -1.85. The molecule has 0 aromatic heterocycles. The van der Waals surface area contributed by atoms with Crippen molar-refractivity contribution in [1.29, 1.82) is 0 Å². The standard InChI is InChI=1S/C10H14N2O4/c1-6-4-7(5-6)11-10(16)12-8(13)2-3-9(14)15/h2-3,6-7H,4-5H2,1H3,(H,14,15)(H2,11,12,13,16)/b3-2+. The van der Waals surface area contributed by atoms with Gasteiger partial charge in [0.05, 0.1) is 0 Å². The van der Waals surface area contributed by atoms with Crippen molar-refractivity contribution in [2.75, 3.05) is 0 Å². The third kappa shape index (κ3) is 4.12. The van der Waals surface area contributed by atoms with E-state index in [0.29, 0.717) is 12.0 Å². The van der Waals surface area contributed by atoms with E-state index in [4.69, 9.17) is 5.11 Å². The van der Waals surface area contributed by atoms with E-state index in [1.54, 1.807) is 0 Å². The van der Waals surface area contributed by atoms with Crippen LogP contribution in [-0.2, 0) is 9.59 Å². The van der Waals surface area contributed by atoms with E-state index in [0.717, 1.165) is 18.9 Å². The van der Waals surface area contributed by atoms with Gasteiger partial charge in [-0.05, 0) is 18.8 Å². The van der Waals surface area contributed by atoms with Gasteiger partial charge in [0.2, 0.25) is 0 Å². The topological polar surface area (TPSA) is 95.5 Å². The van der Waals surface area contributed by atoms with E-state index >= 15 is 0 Å². The lowest BCUT2D eigenvalue weighted by Gasteiger charge is -2.32. The summed E-state index contributed by atoms with van der Waals surface area (Å²) in [6.45, 7) is 2.08. The van der Waals surface area contributed by atoms with Gasteiger partial charge in [0, 0.05) is 18.2 Å². The molecule has 6 nitrogen and oxygen atoms in total. The average molecular weight is 226 g/mol. The maximum Gasteiger partial charge on any atom is 0.328 e. The highest BCUT2D eigenvalue weighted by atomic mass is 16.4. The molecule has 0 saturated heterocycles. The zero-order valence-electron chi connectivity index (χ0n) is 8.90. The van der Waals surface area contributed by atoms with E-state index in [9.17, 15) is 14.4 Å². The molecule has 1 aliphatic rings. The zero-order valence-corrected chi connectivity index (χ0v) is 8.90. The van der Waals surface area contributed by atoms with E-state index in [2.05, 4.69) is 12.2 Å². The molecule has 0 aromatic rings. The van der Waals surface area contributed by atoms with Crippen LogP contribution in [0.1, 0.15) is 19.8 Å². The van der Waals surface area contributed by atoms with Gasteiger partial charge in [0.25, 0.3) is 5.91 Å². The van der Waals surface area contributed by atoms with Gasteiger partial charge in [0.1, 0.15) is 0 Å². The Bertz CT molecular complexity index is 332. The second-order valence-corrected chi connectivity index (χ2v) is 3.91. The lowest BCUT2D eigenvalue weighted by molar-refractivity contribution is -0.131. The molecule has 0 spiro atoms. The Labute approximate surface area is 92.7 Å². The number of carbonyl (C=O) groups excluding carboxylic acids is 2. The lowest BCUT2D eigenvalue weighted by Crippen LogP contribution is -2.48. The van der Waals surface area contributed by atoms with Gasteiger partial charge in [-0.2, -0.15) is 0 Å². The second-order valence-electron chi connectivity index (χ2n) is 3.91. The van der Waals surface area contributed by atoms with Crippen LogP contribution in [0.15, 0.2) is 12.2 Å². The minimum Gasteiger partial charge on any atom is -0.478 e. The molecule has 6 heteroatoms. The van der Waals surface area contributed by atoms with Crippen LogP contribution in [0, 0.1) is 5.92 Å². The predicted molar refractivity (Wildman–Crippen MR) is 55.6 cm³/mol. The van der Waals surface area contributed by atoms with Gasteiger partial charge in [-0.15, -0.1) is 0 Å². The molecule has 0 unspecified atom stereocenters. The zero-order chi connectivity index (χ0) is 12.1. The summed E-state index contributed by atoms with van der Waals surface area (Å²) in [6, 6.07) is -0.469. The van der Waals surface area contributed by atoms with Gasteiger partial charge < -0.3 is 10.4 Å². The summed E-state index contributed by atoms with van der Waals surface area (Å²) >= 11 is 0. The van der Waals surface area contributed by atoms with E-state index in [-0.39, 0.29) is 6.04 Å². The lowest BCUT2D eigenvalue weighted by atomic mass is 9.82. The summed E-state index contributed by atoms with van der Waals surface area (Å²) in [5, 5.41) is 12.9. The van der Waals surface area contributed by atoms with Crippen molar-refractivity contribution in [2.45, 2.75) is 25.8 Å². The molecule has 16 heavy (non-hydrogen) atoms. The Morgan fingerprint density at radius 2 is 1.88 bits per heavy atom. The van der Waals surface area contributed by atoms with Crippen LogP contribution in [0.2, 0.25) is 0 Å². The monoisotopic (exact) mass is 226 g/mol. The van der Waals surface area contributed by atoms with Crippen LogP contribution in [0.3, 0.4) is 0 Å². The number of hydrogen-bond donors (Lipinski definition) is 3. The number of rotatable bonds is 3. The fraction of sp³-hybridized carbons (Fsp3) is 0.500. The first-order valence-corrected chi connectivity index (χ1v) is 5.00. The number of urea groups is 1. The summed E-state index contributed by atoms with van der Waals surface area (Å²) < 4.78 is 0. The SMILES string of the molecule is CC1CC(NC(=O)NC(=O)/C=C/C(=O)O)C1. The number of imide groups is 1. The molecule has 3 amide bonds. The molecule has 0 atom stereocenters. The minimum absolute atomic E-state index is 0.117. The van der Waals surface area contributed by atoms with Crippen molar-refractivity contribution in [3.8, 4) is 0 Å². The van der Waals surface area contributed by atoms with Crippen LogP contribution >= 0.6 is 0 Å².